The van der Waals surface area contributed by atoms with Crippen LogP contribution in [-0.2, 0) is 11.2 Å². The first-order valence-corrected chi connectivity index (χ1v) is 12.4. The van der Waals surface area contributed by atoms with Crippen LogP contribution in [0.4, 0.5) is 14.7 Å². The van der Waals surface area contributed by atoms with Crippen LogP contribution in [0.15, 0.2) is 24.5 Å². The van der Waals surface area contributed by atoms with Crippen LogP contribution in [0, 0.1) is 36.3 Å². The van der Waals surface area contributed by atoms with Crippen molar-refractivity contribution >= 4 is 11.9 Å². The summed E-state index contributed by atoms with van der Waals surface area (Å²) in [5.74, 6) is 1.41. The molecule has 2 saturated heterocycles. The first-order valence-electron chi connectivity index (χ1n) is 12.4. The topological polar surface area (TPSA) is 58.6 Å². The Balaban J connectivity index is 1.05. The number of piperidine rings is 1. The molecule has 6 nitrogen and oxygen atoms in total. The Hall–Kier alpha value is -2.77. The van der Waals surface area contributed by atoms with E-state index in [4.69, 9.17) is 4.74 Å². The van der Waals surface area contributed by atoms with Crippen molar-refractivity contribution < 1.29 is 18.3 Å². The van der Waals surface area contributed by atoms with Gasteiger partial charge in [-0.3, -0.25) is 4.79 Å². The van der Waals surface area contributed by atoms with Gasteiger partial charge < -0.3 is 14.5 Å². The van der Waals surface area contributed by atoms with Crippen molar-refractivity contribution in [3.63, 3.8) is 0 Å². The van der Waals surface area contributed by atoms with Crippen molar-refractivity contribution in [1.82, 2.24) is 14.9 Å². The molecule has 3 heterocycles. The molecule has 5 rings (SSSR count). The maximum Gasteiger partial charge on any atom is 0.227 e. The van der Waals surface area contributed by atoms with E-state index in [-0.39, 0.29) is 23.6 Å². The second-order valence-corrected chi connectivity index (χ2v) is 9.96. The lowest BCUT2D eigenvalue weighted by molar-refractivity contribution is -0.133. The van der Waals surface area contributed by atoms with E-state index in [1.807, 2.05) is 19.3 Å². The fourth-order valence-corrected chi connectivity index (χ4v) is 5.25. The van der Waals surface area contributed by atoms with Crippen LogP contribution in [0.1, 0.15) is 43.2 Å². The summed E-state index contributed by atoms with van der Waals surface area (Å²) in [6.07, 6.45) is 8.83. The average molecular weight is 471 g/mol. The molecule has 3 fully saturated rings. The highest BCUT2D eigenvalue weighted by Crippen LogP contribution is 2.49. The minimum absolute atomic E-state index is 0.172. The molecule has 0 bridgehead atoms. The van der Waals surface area contributed by atoms with E-state index >= 15 is 0 Å². The fourth-order valence-electron chi connectivity index (χ4n) is 5.25. The van der Waals surface area contributed by atoms with Gasteiger partial charge in [0.25, 0.3) is 0 Å². The predicted molar refractivity (Wildman–Crippen MR) is 125 cm³/mol. The van der Waals surface area contributed by atoms with Crippen LogP contribution in [0.25, 0.3) is 0 Å². The fraction of sp³-hybridized carbons (Fsp3) is 0.577. The zero-order valence-corrected chi connectivity index (χ0v) is 19.7. The van der Waals surface area contributed by atoms with Gasteiger partial charge in [-0.2, -0.15) is 0 Å². The zero-order valence-electron chi connectivity index (χ0n) is 19.7. The minimum atomic E-state index is -0.711. The molecule has 1 amide bonds. The van der Waals surface area contributed by atoms with Gasteiger partial charge >= 0.3 is 0 Å². The van der Waals surface area contributed by atoms with Crippen molar-refractivity contribution in [3.05, 3.63) is 47.3 Å². The monoisotopic (exact) mass is 470 g/mol. The van der Waals surface area contributed by atoms with E-state index in [2.05, 4.69) is 14.9 Å². The smallest absolute Gasteiger partial charge is 0.227 e. The van der Waals surface area contributed by atoms with Gasteiger partial charge in [0.1, 0.15) is 17.4 Å². The lowest BCUT2D eigenvalue weighted by Gasteiger charge is -2.32. The van der Waals surface area contributed by atoms with Gasteiger partial charge in [-0.1, -0.05) is 0 Å². The van der Waals surface area contributed by atoms with E-state index in [9.17, 15) is 13.6 Å². The molecule has 1 saturated carbocycles. The molecule has 34 heavy (non-hydrogen) atoms. The molecule has 2 atom stereocenters. The molecular weight excluding hydrogens is 438 g/mol. The molecule has 0 unspecified atom stereocenters. The Kier molecular flexibility index (Phi) is 6.66. The van der Waals surface area contributed by atoms with Gasteiger partial charge in [0.05, 0.1) is 13.0 Å². The zero-order chi connectivity index (χ0) is 23.7. The van der Waals surface area contributed by atoms with Gasteiger partial charge in [0.2, 0.25) is 11.9 Å². The summed E-state index contributed by atoms with van der Waals surface area (Å²) in [6, 6.07) is 2.41. The second kappa shape index (κ2) is 9.84. The van der Waals surface area contributed by atoms with Crippen LogP contribution in [0.2, 0.25) is 0 Å². The summed E-state index contributed by atoms with van der Waals surface area (Å²) < 4.78 is 34.5. The lowest BCUT2D eigenvalue weighted by atomic mass is 9.90. The van der Waals surface area contributed by atoms with Gasteiger partial charge in [0.15, 0.2) is 0 Å². The van der Waals surface area contributed by atoms with Crippen molar-refractivity contribution in [2.75, 3.05) is 37.7 Å². The number of hydrogen-bond acceptors (Lipinski definition) is 5. The van der Waals surface area contributed by atoms with Crippen LogP contribution < -0.4 is 9.64 Å². The standard InChI is InChI=1S/C26H32F2N4O2/c1-17-15-29-26(30-16-17)32-8-3-18(4-9-32)21-11-19(21)5-10-34-20-12-23(27)22(24(28)13-20)14-25(33)31-6-2-7-31/h12-13,15-16,18-19,21H,2-11,14H2,1H3/t19-,21-/m1/s1. The van der Waals surface area contributed by atoms with Crippen LogP contribution in [0.3, 0.4) is 0 Å². The quantitative estimate of drug-likeness (QED) is 0.580. The molecule has 0 N–H and O–H groups in total. The minimum Gasteiger partial charge on any atom is -0.493 e. The molecule has 2 aromatic rings. The molecule has 0 spiro atoms. The highest BCUT2D eigenvalue weighted by molar-refractivity contribution is 5.79. The van der Waals surface area contributed by atoms with Gasteiger partial charge in [-0.05, 0) is 62.3 Å². The van der Waals surface area contributed by atoms with E-state index < -0.39 is 11.6 Å². The molecule has 3 aliphatic rings. The molecule has 1 aliphatic carbocycles. The third-order valence-corrected chi connectivity index (χ3v) is 7.58. The number of benzene rings is 1. The number of amides is 1. The SMILES string of the molecule is Cc1cnc(N2CCC([C@H]3C[C@H]3CCOc3cc(F)c(CC(=O)N4CCC4)c(F)c3)CC2)nc1. The second-order valence-electron chi connectivity index (χ2n) is 9.96. The molecule has 8 heteroatoms. The number of carbonyl (C=O) groups excluding carboxylic acids is 1. The number of carbonyl (C=O) groups is 1. The van der Waals surface area contributed by atoms with Crippen LogP contribution in [0.5, 0.6) is 5.75 Å². The lowest BCUT2D eigenvalue weighted by Crippen LogP contribution is -2.43. The Bertz CT molecular complexity index is 997. The van der Waals surface area contributed by atoms with Crippen molar-refractivity contribution in [1.29, 1.82) is 0 Å². The number of nitrogens with zero attached hydrogens (tertiary/aromatic N) is 4. The van der Waals surface area contributed by atoms with Crippen molar-refractivity contribution in [2.45, 2.75) is 45.4 Å². The first kappa shape index (κ1) is 23.0. The largest absolute Gasteiger partial charge is 0.493 e. The first-order chi connectivity index (χ1) is 16.5. The van der Waals surface area contributed by atoms with Crippen molar-refractivity contribution in [3.8, 4) is 5.75 Å². The van der Waals surface area contributed by atoms with E-state index in [1.165, 1.54) is 18.6 Å². The summed E-state index contributed by atoms with van der Waals surface area (Å²) in [4.78, 5) is 24.8. The molecule has 1 aromatic carbocycles. The summed E-state index contributed by atoms with van der Waals surface area (Å²) in [7, 11) is 0. The normalized spacial score (nSPS) is 22.4. The number of rotatable bonds is 8. The highest BCUT2D eigenvalue weighted by Gasteiger charge is 2.43. The average Bonchev–Trinajstić information content (AvgIpc) is 3.55. The number of halogens is 2. The summed E-state index contributed by atoms with van der Waals surface area (Å²) in [6.45, 7) is 5.75. The number of hydrogen-bond donors (Lipinski definition) is 0. The van der Waals surface area contributed by atoms with E-state index in [1.54, 1.807) is 4.90 Å². The summed E-state index contributed by atoms with van der Waals surface area (Å²) in [5.41, 5.74) is 0.897. The maximum atomic E-state index is 14.4. The third-order valence-electron chi connectivity index (χ3n) is 7.58. The third kappa shape index (κ3) is 5.15. The highest BCUT2D eigenvalue weighted by atomic mass is 19.1. The summed E-state index contributed by atoms with van der Waals surface area (Å²) >= 11 is 0. The van der Waals surface area contributed by atoms with Crippen molar-refractivity contribution in [2.24, 2.45) is 17.8 Å². The van der Waals surface area contributed by atoms with Crippen LogP contribution in [-0.4, -0.2) is 53.6 Å². The number of ether oxygens (including phenoxy) is 1. The molecule has 1 aromatic heterocycles. The van der Waals surface area contributed by atoms with Crippen LogP contribution >= 0.6 is 0 Å². The molecule has 182 valence electrons. The number of likely N-dealkylation sites (tertiary alicyclic amines) is 1. The number of aromatic nitrogens is 2. The van der Waals surface area contributed by atoms with Gasteiger partial charge in [0, 0.05) is 56.3 Å². The van der Waals surface area contributed by atoms with E-state index in [0.717, 1.165) is 50.3 Å². The Morgan fingerprint density at radius 3 is 2.38 bits per heavy atom. The molecular formula is C26H32F2N4O2. The Morgan fingerprint density at radius 1 is 1.09 bits per heavy atom. The van der Waals surface area contributed by atoms with Gasteiger partial charge in [-0.15, -0.1) is 0 Å². The van der Waals surface area contributed by atoms with E-state index in [0.29, 0.717) is 37.5 Å². The van der Waals surface area contributed by atoms with Gasteiger partial charge in [-0.25, -0.2) is 18.7 Å². The maximum absolute atomic E-state index is 14.4. The molecule has 0 radical (unpaired) electrons. The number of aryl methyl sites for hydroxylation is 1. The molecule has 2 aliphatic heterocycles. The Labute approximate surface area is 199 Å². The predicted octanol–water partition coefficient (Wildman–Crippen LogP) is 4.16. The summed E-state index contributed by atoms with van der Waals surface area (Å²) in [5, 5.41) is 0. The Morgan fingerprint density at radius 2 is 1.76 bits per heavy atom. The number of anilines is 1.